The Morgan fingerprint density at radius 3 is 2.26 bits per heavy atom. The minimum atomic E-state index is -1.34. The number of nitrogens with zero attached hydrogens (tertiary/aromatic N) is 1. The Morgan fingerprint density at radius 2 is 1.84 bits per heavy atom. The van der Waals surface area contributed by atoms with Crippen molar-refractivity contribution in [2.24, 2.45) is 0 Å². The van der Waals surface area contributed by atoms with Gasteiger partial charge in [-0.05, 0) is 18.6 Å². The van der Waals surface area contributed by atoms with Gasteiger partial charge in [0.2, 0.25) is 0 Å². The van der Waals surface area contributed by atoms with Crippen molar-refractivity contribution in [1.82, 2.24) is 4.98 Å². The number of hydrogen-bond donors (Lipinski definition) is 5. The second-order valence-corrected chi connectivity index (χ2v) is 4.27. The number of anilines is 1. The molecule has 19 heavy (non-hydrogen) atoms. The zero-order chi connectivity index (χ0) is 14.5. The summed E-state index contributed by atoms with van der Waals surface area (Å²) in [4.78, 5) is 15.1. The van der Waals surface area contributed by atoms with E-state index in [1.165, 1.54) is 12.1 Å². The van der Waals surface area contributed by atoms with Gasteiger partial charge >= 0.3 is 5.97 Å². The molecule has 0 aromatic carbocycles. The van der Waals surface area contributed by atoms with Gasteiger partial charge in [0, 0.05) is 5.69 Å². The predicted molar refractivity (Wildman–Crippen MR) is 68.2 cm³/mol. The molecule has 1 aromatic rings. The van der Waals surface area contributed by atoms with E-state index < -0.39 is 31.3 Å². The van der Waals surface area contributed by atoms with Crippen LogP contribution in [0.3, 0.4) is 0 Å². The molecular weight excluding hydrogens is 252 g/mol. The van der Waals surface area contributed by atoms with Crippen molar-refractivity contribution >= 4 is 11.8 Å². The zero-order valence-corrected chi connectivity index (χ0v) is 10.6. The summed E-state index contributed by atoms with van der Waals surface area (Å²) < 4.78 is 0. The number of rotatable bonds is 7. The number of carboxylic acids is 1. The van der Waals surface area contributed by atoms with E-state index >= 15 is 0 Å². The molecule has 1 rings (SSSR count). The van der Waals surface area contributed by atoms with E-state index in [0.717, 1.165) is 0 Å². The summed E-state index contributed by atoms with van der Waals surface area (Å²) >= 11 is 0. The number of nitrogens with one attached hydrogen (secondary N) is 1. The van der Waals surface area contributed by atoms with Gasteiger partial charge < -0.3 is 25.7 Å². The molecule has 5 N–H and O–H groups in total. The van der Waals surface area contributed by atoms with Crippen molar-refractivity contribution in [3.8, 4) is 0 Å². The number of pyridine rings is 1. The van der Waals surface area contributed by atoms with E-state index in [4.69, 9.17) is 5.11 Å². The van der Waals surface area contributed by atoms with Gasteiger partial charge in [0.15, 0.2) is 0 Å². The highest BCUT2D eigenvalue weighted by atomic mass is 16.4. The minimum Gasteiger partial charge on any atom is -0.478 e. The first kappa shape index (κ1) is 15.4. The molecule has 0 aliphatic heterocycles. The summed E-state index contributed by atoms with van der Waals surface area (Å²) in [5, 5.41) is 39.3. The number of carboxylic acid groups (broad SMARTS) is 1. The average molecular weight is 270 g/mol. The fourth-order valence-electron chi connectivity index (χ4n) is 1.50. The topological polar surface area (TPSA) is 123 Å². The SMILES string of the molecule is CCc1cc(C(=O)O)cc(NC(CO)(CO)CO)n1. The largest absolute Gasteiger partial charge is 0.478 e. The molecule has 0 amide bonds. The molecule has 0 unspecified atom stereocenters. The van der Waals surface area contributed by atoms with E-state index in [1.807, 2.05) is 6.92 Å². The third-order valence-corrected chi connectivity index (χ3v) is 2.79. The van der Waals surface area contributed by atoms with Crippen LogP contribution < -0.4 is 5.32 Å². The number of aliphatic hydroxyl groups is 3. The van der Waals surface area contributed by atoms with Gasteiger partial charge in [-0.25, -0.2) is 9.78 Å². The van der Waals surface area contributed by atoms with Gasteiger partial charge in [0.25, 0.3) is 0 Å². The fraction of sp³-hybridized carbons (Fsp3) is 0.500. The maximum absolute atomic E-state index is 11.0. The third kappa shape index (κ3) is 3.63. The van der Waals surface area contributed by atoms with Crippen LogP contribution in [0.25, 0.3) is 0 Å². The van der Waals surface area contributed by atoms with Crippen LogP contribution in [0.15, 0.2) is 12.1 Å². The van der Waals surface area contributed by atoms with E-state index in [9.17, 15) is 20.1 Å². The molecule has 0 radical (unpaired) electrons. The zero-order valence-electron chi connectivity index (χ0n) is 10.6. The highest BCUT2D eigenvalue weighted by molar-refractivity contribution is 5.88. The molecule has 7 heteroatoms. The number of carbonyl (C=O) groups is 1. The van der Waals surface area contributed by atoms with Crippen molar-refractivity contribution in [3.63, 3.8) is 0 Å². The lowest BCUT2D eigenvalue weighted by molar-refractivity contribution is 0.0696. The second-order valence-electron chi connectivity index (χ2n) is 4.27. The molecule has 1 aromatic heterocycles. The molecule has 7 nitrogen and oxygen atoms in total. The average Bonchev–Trinajstić information content (AvgIpc) is 2.44. The van der Waals surface area contributed by atoms with Gasteiger partial charge in [-0.3, -0.25) is 0 Å². The molecule has 106 valence electrons. The van der Waals surface area contributed by atoms with Crippen LogP contribution in [0.5, 0.6) is 0 Å². The molecule has 0 saturated heterocycles. The predicted octanol–water partition coefficient (Wildman–Crippen LogP) is -0.530. The Kier molecular flexibility index (Phi) is 5.22. The molecule has 0 aliphatic carbocycles. The molecule has 0 atom stereocenters. The summed E-state index contributed by atoms with van der Waals surface area (Å²) in [5.74, 6) is -0.906. The highest BCUT2D eigenvalue weighted by Gasteiger charge is 2.28. The number of hydrogen-bond acceptors (Lipinski definition) is 6. The van der Waals surface area contributed by atoms with Gasteiger partial charge in [-0.15, -0.1) is 0 Å². The smallest absolute Gasteiger partial charge is 0.335 e. The molecular formula is C12H18N2O5. The molecule has 0 bridgehead atoms. The van der Waals surface area contributed by atoms with Crippen LogP contribution in [-0.4, -0.2) is 56.7 Å². The van der Waals surface area contributed by atoms with Gasteiger partial charge in [-0.1, -0.05) is 6.92 Å². The maximum atomic E-state index is 11.0. The Hall–Kier alpha value is -1.70. The Bertz CT molecular complexity index is 437. The quantitative estimate of drug-likeness (QED) is 0.451. The van der Waals surface area contributed by atoms with Gasteiger partial charge in [0.05, 0.1) is 25.4 Å². The molecule has 1 heterocycles. The highest BCUT2D eigenvalue weighted by Crippen LogP contribution is 2.16. The summed E-state index contributed by atoms with van der Waals surface area (Å²) in [6.45, 7) is 0.288. The van der Waals surface area contributed by atoms with Crippen LogP contribution in [0.1, 0.15) is 23.0 Å². The molecule has 0 spiro atoms. The van der Waals surface area contributed by atoms with Crippen molar-refractivity contribution in [2.45, 2.75) is 18.9 Å². The first-order valence-corrected chi connectivity index (χ1v) is 5.85. The van der Waals surface area contributed by atoms with Crippen LogP contribution in [0, 0.1) is 0 Å². The van der Waals surface area contributed by atoms with Gasteiger partial charge in [-0.2, -0.15) is 0 Å². The number of aryl methyl sites for hydroxylation is 1. The van der Waals surface area contributed by atoms with E-state index in [1.54, 1.807) is 0 Å². The van der Waals surface area contributed by atoms with E-state index in [0.29, 0.717) is 12.1 Å². The minimum absolute atomic E-state index is 0.0528. The Labute approximate surface area is 110 Å². The standard InChI is InChI=1S/C12H18N2O5/c1-2-9-3-8(11(18)19)4-10(13-9)14-12(5-15,6-16)7-17/h3-4,15-17H,2,5-7H2,1H3,(H,13,14)(H,18,19). The maximum Gasteiger partial charge on any atom is 0.335 e. The van der Waals surface area contributed by atoms with E-state index in [-0.39, 0.29) is 11.4 Å². The third-order valence-electron chi connectivity index (χ3n) is 2.79. The van der Waals surface area contributed by atoms with Crippen molar-refractivity contribution < 1.29 is 25.2 Å². The number of aromatic carboxylic acids is 1. The Balaban J connectivity index is 3.12. The van der Waals surface area contributed by atoms with Gasteiger partial charge in [0.1, 0.15) is 11.4 Å². The lowest BCUT2D eigenvalue weighted by Gasteiger charge is -2.29. The molecule has 0 aliphatic rings. The lowest BCUT2D eigenvalue weighted by Crippen LogP contribution is -2.49. The van der Waals surface area contributed by atoms with Crippen LogP contribution in [0.2, 0.25) is 0 Å². The first-order valence-electron chi connectivity index (χ1n) is 5.85. The first-order chi connectivity index (χ1) is 9.00. The Morgan fingerprint density at radius 1 is 1.26 bits per heavy atom. The summed E-state index contributed by atoms with van der Waals surface area (Å²) in [5.41, 5.74) is -0.725. The van der Waals surface area contributed by atoms with E-state index in [2.05, 4.69) is 10.3 Å². The van der Waals surface area contributed by atoms with Crippen LogP contribution in [-0.2, 0) is 6.42 Å². The molecule has 0 fully saturated rings. The van der Waals surface area contributed by atoms with Crippen LogP contribution >= 0.6 is 0 Å². The van der Waals surface area contributed by atoms with Crippen molar-refractivity contribution in [1.29, 1.82) is 0 Å². The van der Waals surface area contributed by atoms with Crippen molar-refractivity contribution in [2.75, 3.05) is 25.1 Å². The summed E-state index contributed by atoms with van der Waals surface area (Å²) in [6, 6.07) is 2.74. The molecule has 0 saturated carbocycles. The fourth-order valence-corrected chi connectivity index (χ4v) is 1.50. The number of aliphatic hydroxyl groups excluding tert-OH is 3. The monoisotopic (exact) mass is 270 g/mol. The van der Waals surface area contributed by atoms with Crippen LogP contribution in [0.4, 0.5) is 5.82 Å². The van der Waals surface area contributed by atoms with Crippen molar-refractivity contribution in [3.05, 3.63) is 23.4 Å². The summed E-state index contributed by atoms with van der Waals surface area (Å²) in [6.07, 6.45) is 0.542. The lowest BCUT2D eigenvalue weighted by atomic mass is 10.0. The second kappa shape index (κ2) is 6.46. The number of aromatic nitrogens is 1. The summed E-state index contributed by atoms with van der Waals surface area (Å²) in [7, 11) is 0. The normalized spacial score (nSPS) is 11.4.